The van der Waals surface area contributed by atoms with Crippen LogP contribution in [0.5, 0.6) is 5.75 Å². The SMILES string of the molecule is COc1ccc(Cl)cc1C[NH+](C)Cn1nc(-c2ccco2)oc1=S. The highest BCUT2D eigenvalue weighted by Gasteiger charge is 2.15. The maximum atomic E-state index is 6.08. The number of halogens is 1. The topological polar surface area (TPSA) is 57.8 Å². The van der Waals surface area contributed by atoms with Crippen molar-refractivity contribution < 1.29 is 18.5 Å². The van der Waals surface area contributed by atoms with Gasteiger partial charge in [-0.15, -0.1) is 5.10 Å². The molecular formula is C16H17ClN3O3S+. The van der Waals surface area contributed by atoms with E-state index in [1.165, 1.54) is 0 Å². The minimum Gasteiger partial charge on any atom is -0.496 e. The molecule has 0 aliphatic rings. The fraction of sp³-hybridized carbons (Fsp3) is 0.250. The number of hydrogen-bond acceptors (Lipinski definition) is 5. The Kier molecular flexibility index (Phi) is 5.03. The van der Waals surface area contributed by atoms with Crippen LogP contribution in [0.4, 0.5) is 0 Å². The molecule has 0 saturated carbocycles. The number of aromatic nitrogens is 2. The van der Waals surface area contributed by atoms with Crippen LogP contribution in [0, 0.1) is 4.84 Å². The standard InChI is InChI=1S/C16H16ClN3O3S/c1-19(9-11-8-12(17)5-6-13(11)21-2)10-20-16(24)23-15(18-20)14-4-3-7-22-14/h3-8H,9-10H2,1-2H3/p+1. The van der Waals surface area contributed by atoms with Crippen LogP contribution >= 0.6 is 23.8 Å². The molecule has 2 heterocycles. The van der Waals surface area contributed by atoms with Gasteiger partial charge in [-0.1, -0.05) is 11.6 Å². The third-order valence-electron chi connectivity index (χ3n) is 3.49. The Morgan fingerprint density at radius 3 is 2.92 bits per heavy atom. The second-order valence-corrected chi connectivity index (χ2v) is 6.18. The number of rotatable bonds is 6. The second-order valence-electron chi connectivity index (χ2n) is 5.40. The van der Waals surface area contributed by atoms with Crippen molar-refractivity contribution in [1.82, 2.24) is 9.78 Å². The molecule has 6 nitrogen and oxygen atoms in total. The molecule has 0 radical (unpaired) electrons. The van der Waals surface area contributed by atoms with Gasteiger partial charge in [0.1, 0.15) is 12.3 Å². The number of ether oxygens (including phenoxy) is 1. The molecule has 1 atom stereocenters. The van der Waals surface area contributed by atoms with E-state index in [4.69, 9.17) is 37.4 Å². The highest BCUT2D eigenvalue weighted by Crippen LogP contribution is 2.22. The summed E-state index contributed by atoms with van der Waals surface area (Å²) in [6.45, 7) is 1.24. The van der Waals surface area contributed by atoms with Gasteiger partial charge < -0.3 is 18.5 Å². The summed E-state index contributed by atoms with van der Waals surface area (Å²) in [5, 5.41) is 5.05. The Labute approximate surface area is 149 Å². The summed E-state index contributed by atoms with van der Waals surface area (Å²) in [6, 6.07) is 9.12. The average Bonchev–Trinajstić information content (AvgIpc) is 3.18. The van der Waals surface area contributed by atoms with E-state index in [0.29, 0.717) is 34.7 Å². The van der Waals surface area contributed by atoms with Gasteiger partial charge in [0, 0.05) is 10.6 Å². The van der Waals surface area contributed by atoms with Crippen molar-refractivity contribution in [1.29, 1.82) is 0 Å². The zero-order valence-electron chi connectivity index (χ0n) is 13.3. The van der Waals surface area contributed by atoms with Crippen LogP contribution in [-0.2, 0) is 13.2 Å². The maximum absolute atomic E-state index is 6.08. The zero-order chi connectivity index (χ0) is 17.1. The van der Waals surface area contributed by atoms with Crippen molar-refractivity contribution in [3.8, 4) is 17.4 Å². The average molecular weight is 367 g/mol. The Hall–Kier alpha value is -2.09. The van der Waals surface area contributed by atoms with E-state index in [1.807, 2.05) is 25.2 Å². The van der Waals surface area contributed by atoms with Gasteiger partial charge in [-0.2, -0.15) is 4.68 Å². The highest BCUT2D eigenvalue weighted by atomic mass is 35.5. The van der Waals surface area contributed by atoms with Gasteiger partial charge in [-0.25, -0.2) is 0 Å². The Bertz CT molecular complexity index is 873. The van der Waals surface area contributed by atoms with Crippen LogP contribution in [0.2, 0.25) is 5.02 Å². The van der Waals surface area contributed by atoms with Crippen molar-refractivity contribution in [3.05, 3.63) is 52.0 Å². The molecule has 8 heteroatoms. The van der Waals surface area contributed by atoms with E-state index in [2.05, 4.69) is 5.10 Å². The molecule has 0 saturated heterocycles. The molecule has 3 aromatic rings. The summed E-state index contributed by atoms with van der Waals surface area (Å²) in [4.78, 5) is 1.45. The number of methoxy groups -OCH3 is 1. The summed E-state index contributed by atoms with van der Waals surface area (Å²) in [7, 11) is 3.68. The van der Waals surface area contributed by atoms with Crippen LogP contribution < -0.4 is 9.64 Å². The van der Waals surface area contributed by atoms with E-state index < -0.39 is 0 Å². The lowest BCUT2D eigenvalue weighted by Crippen LogP contribution is -3.07. The molecule has 1 N–H and O–H groups in total. The third kappa shape index (κ3) is 3.69. The molecule has 0 bridgehead atoms. The molecule has 1 aromatic carbocycles. The first-order valence-corrected chi connectivity index (χ1v) is 8.11. The van der Waals surface area contributed by atoms with Gasteiger partial charge in [0.05, 0.1) is 20.4 Å². The lowest BCUT2D eigenvalue weighted by atomic mass is 10.2. The normalized spacial score (nSPS) is 12.3. The predicted octanol–water partition coefficient (Wildman–Crippen LogP) is 2.80. The number of hydrogen-bond donors (Lipinski definition) is 1. The molecule has 24 heavy (non-hydrogen) atoms. The number of nitrogens with zero attached hydrogens (tertiary/aromatic N) is 2. The van der Waals surface area contributed by atoms with Gasteiger partial charge in [-0.3, -0.25) is 0 Å². The molecule has 0 aliphatic heterocycles. The molecule has 0 aliphatic carbocycles. The fourth-order valence-electron chi connectivity index (χ4n) is 2.43. The second kappa shape index (κ2) is 7.21. The number of benzene rings is 1. The minimum atomic E-state index is 0.304. The first-order valence-electron chi connectivity index (χ1n) is 7.32. The molecule has 0 spiro atoms. The molecule has 126 valence electrons. The van der Waals surface area contributed by atoms with Crippen molar-refractivity contribution >= 4 is 23.8 Å². The van der Waals surface area contributed by atoms with E-state index in [-0.39, 0.29) is 0 Å². The third-order valence-corrected chi connectivity index (χ3v) is 4.02. The van der Waals surface area contributed by atoms with Crippen molar-refractivity contribution in [2.75, 3.05) is 14.2 Å². The highest BCUT2D eigenvalue weighted by molar-refractivity contribution is 7.71. The Balaban J connectivity index is 1.75. The van der Waals surface area contributed by atoms with Gasteiger partial charge >= 0.3 is 0 Å². The van der Waals surface area contributed by atoms with Crippen LogP contribution in [0.3, 0.4) is 0 Å². The zero-order valence-corrected chi connectivity index (χ0v) is 14.9. The molecule has 2 aromatic heterocycles. The minimum absolute atomic E-state index is 0.304. The van der Waals surface area contributed by atoms with Gasteiger partial charge in [0.2, 0.25) is 0 Å². The molecule has 3 rings (SSSR count). The van der Waals surface area contributed by atoms with Gasteiger partial charge in [0.25, 0.3) is 10.7 Å². The van der Waals surface area contributed by atoms with Crippen molar-refractivity contribution in [3.63, 3.8) is 0 Å². The number of furan rings is 1. The van der Waals surface area contributed by atoms with Crippen LogP contribution in [0.1, 0.15) is 5.56 Å². The molecule has 0 fully saturated rings. The molecular weight excluding hydrogens is 350 g/mol. The monoisotopic (exact) mass is 366 g/mol. The van der Waals surface area contributed by atoms with Gasteiger partial charge in [0.15, 0.2) is 12.4 Å². The largest absolute Gasteiger partial charge is 0.496 e. The van der Waals surface area contributed by atoms with E-state index >= 15 is 0 Å². The Morgan fingerprint density at radius 2 is 2.21 bits per heavy atom. The first kappa shape index (κ1) is 16.8. The first-order chi connectivity index (χ1) is 11.6. The lowest BCUT2D eigenvalue weighted by molar-refractivity contribution is -0.917. The lowest BCUT2D eigenvalue weighted by Gasteiger charge is -2.15. The molecule has 1 unspecified atom stereocenters. The van der Waals surface area contributed by atoms with Crippen molar-refractivity contribution in [2.24, 2.45) is 0 Å². The summed E-state index contributed by atoms with van der Waals surface area (Å²) < 4.78 is 17.8. The predicted molar refractivity (Wildman–Crippen MR) is 91.6 cm³/mol. The summed E-state index contributed by atoms with van der Waals surface area (Å²) in [5.41, 5.74) is 1.02. The summed E-state index contributed by atoms with van der Waals surface area (Å²) in [5.74, 6) is 1.73. The van der Waals surface area contributed by atoms with Crippen LogP contribution in [0.25, 0.3) is 11.7 Å². The van der Waals surface area contributed by atoms with E-state index in [1.54, 1.807) is 30.2 Å². The molecule has 0 amide bonds. The van der Waals surface area contributed by atoms with Crippen molar-refractivity contribution in [2.45, 2.75) is 13.2 Å². The Morgan fingerprint density at radius 1 is 1.38 bits per heavy atom. The number of quaternary nitrogens is 1. The summed E-state index contributed by atoms with van der Waals surface area (Å²) >= 11 is 11.3. The number of nitrogens with one attached hydrogen (secondary N) is 1. The quantitative estimate of drug-likeness (QED) is 0.680. The van der Waals surface area contributed by atoms with Crippen LogP contribution in [0.15, 0.2) is 45.4 Å². The maximum Gasteiger partial charge on any atom is 0.292 e. The fourth-order valence-corrected chi connectivity index (χ4v) is 2.81. The van der Waals surface area contributed by atoms with Crippen LogP contribution in [-0.4, -0.2) is 23.9 Å². The van der Waals surface area contributed by atoms with Gasteiger partial charge in [-0.05, 0) is 42.5 Å². The summed E-state index contributed by atoms with van der Waals surface area (Å²) in [6.07, 6.45) is 1.57. The van der Waals surface area contributed by atoms with E-state index in [0.717, 1.165) is 16.2 Å². The van der Waals surface area contributed by atoms with E-state index in [9.17, 15) is 0 Å². The smallest absolute Gasteiger partial charge is 0.292 e.